The van der Waals surface area contributed by atoms with E-state index in [1.807, 2.05) is 27.7 Å². The zero-order chi connectivity index (χ0) is 18.3. The van der Waals surface area contributed by atoms with Crippen LogP contribution in [0.25, 0.3) is 10.8 Å². The van der Waals surface area contributed by atoms with Crippen LogP contribution in [0.5, 0.6) is 0 Å². The largest absolute Gasteiger partial charge is 0.100 e. The summed E-state index contributed by atoms with van der Waals surface area (Å²) < 4.78 is 0. The molecule has 0 nitrogen and oxygen atoms in total. The molecular weight excluding hydrogens is 276 g/mol. The van der Waals surface area contributed by atoms with E-state index in [-0.39, 0.29) is 0 Å². The Morgan fingerprint density at radius 1 is 0.826 bits per heavy atom. The molecule has 0 aliphatic carbocycles. The van der Waals surface area contributed by atoms with Crippen molar-refractivity contribution in [1.29, 1.82) is 0 Å². The molecule has 0 aliphatic heterocycles. The zero-order valence-electron chi connectivity index (χ0n) is 16.7. The highest BCUT2D eigenvalue weighted by Crippen LogP contribution is 2.27. The average molecular weight is 315 g/mol. The standard InChI is InChI=1S/C10H8.C9H18.2C2H6/c1-2-6-10-8-4-3-7-9(10)5-1;1-6-9(4,5)7-8(2)3;2*1-2/h1-8H;2,6-7H2,1,3-5H3;2*1-2H3. The lowest BCUT2D eigenvalue weighted by Crippen LogP contribution is -2.08. The summed E-state index contributed by atoms with van der Waals surface area (Å²) in [5.41, 5.74) is 1.76. The predicted molar refractivity (Wildman–Crippen MR) is 110 cm³/mol. The fourth-order valence-electron chi connectivity index (χ4n) is 2.07. The third-order valence-corrected chi connectivity index (χ3v) is 3.40. The maximum atomic E-state index is 3.89. The second-order valence-corrected chi connectivity index (χ2v) is 6.00. The van der Waals surface area contributed by atoms with Crippen LogP contribution in [0.15, 0.2) is 60.7 Å². The molecule has 0 bridgehead atoms. The minimum atomic E-state index is 0.464. The Morgan fingerprint density at radius 2 is 1.13 bits per heavy atom. The first-order valence-electron chi connectivity index (χ1n) is 9.03. The van der Waals surface area contributed by atoms with Gasteiger partial charge in [-0.1, -0.05) is 109 Å². The fourth-order valence-corrected chi connectivity index (χ4v) is 2.07. The Bertz CT molecular complexity index is 455. The minimum Gasteiger partial charge on any atom is -0.100 e. The van der Waals surface area contributed by atoms with Gasteiger partial charge in [0.2, 0.25) is 0 Å². The normalized spacial score (nSPS) is 9.39. The van der Waals surface area contributed by atoms with Crippen LogP contribution in [0.3, 0.4) is 0 Å². The van der Waals surface area contributed by atoms with Crippen molar-refractivity contribution in [2.24, 2.45) is 5.41 Å². The number of hydrogen-bond donors (Lipinski definition) is 0. The Balaban J connectivity index is 0. The van der Waals surface area contributed by atoms with E-state index in [1.54, 1.807) is 0 Å². The summed E-state index contributed by atoms with van der Waals surface area (Å²) >= 11 is 0. The van der Waals surface area contributed by atoms with Gasteiger partial charge in [-0.25, -0.2) is 0 Å². The molecule has 2 aromatic rings. The predicted octanol–water partition coefficient (Wildman–Crippen LogP) is 8.28. The highest BCUT2D eigenvalue weighted by atomic mass is 14.2. The SMILES string of the molecule is C=C(C)CC(C)(C)CC.CC.CC.c1ccc2ccccc2c1. The number of benzene rings is 2. The van der Waals surface area contributed by atoms with Crippen molar-refractivity contribution >= 4 is 10.8 Å². The molecule has 0 unspecified atom stereocenters. The molecule has 23 heavy (non-hydrogen) atoms. The van der Waals surface area contributed by atoms with E-state index in [2.05, 4.69) is 82.8 Å². The molecule has 0 N–H and O–H groups in total. The molecule has 0 fully saturated rings. The van der Waals surface area contributed by atoms with Crippen molar-refractivity contribution in [3.05, 3.63) is 60.7 Å². The monoisotopic (exact) mass is 314 g/mol. The van der Waals surface area contributed by atoms with Crippen LogP contribution in [-0.4, -0.2) is 0 Å². The van der Waals surface area contributed by atoms with E-state index >= 15 is 0 Å². The average Bonchev–Trinajstić information content (AvgIpc) is 2.58. The van der Waals surface area contributed by atoms with Gasteiger partial charge in [-0.15, -0.1) is 6.58 Å². The van der Waals surface area contributed by atoms with Gasteiger partial charge in [-0.2, -0.15) is 0 Å². The van der Waals surface area contributed by atoms with Gasteiger partial charge in [0.25, 0.3) is 0 Å². The lowest BCUT2D eigenvalue weighted by Gasteiger charge is -2.21. The van der Waals surface area contributed by atoms with Crippen molar-refractivity contribution in [2.75, 3.05) is 0 Å². The van der Waals surface area contributed by atoms with Crippen LogP contribution in [-0.2, 0) is 0 Å². The Hall–Kier alpha value is -1.56. The van der Waals surface area contributed by atoms with Crippen molar-refractivity contribution in [1.82, 2.24) is 0 Å². The second-order valence-electron chi connectivity index (χ2n) is 6.00. The maximum Gasteiger partial charge on any atom is -0.0184 e. The van der Waals surface area contributed by atoms with Gasteiger partial charge in [0.1, 0.15) is 0 Å². The van der Waals surface area contributed by atoms with Crippen molar-refractivity contribution < 1.29 is 0 Å². The van der Waals surface area contributed by atoms with Crippen LogP contribution >= 0.6 is 0 Å². The summed E-state index contributed by atoms with van der Waals surface area (Å²) in [5, 5.41) is 2.62. The van der Waals surface area contributed by atoms with E-state index in [1.165, 1.54) is 22.8 Å². The summed E-state index contributed by atoms with van der Waals surface area (Å²) in [6.07, 6.45) is 2.39. The Morgan fingerprint density at radius 3 is 1.30 bits per heavy atom. The molecule has 0 spiro atoms. The first-order valence-corrected chi connectivity index (χ1v) is 9.03. The summed E-state index contributed by atoms with van der Waals surface area (Å²) in [4.78, 5) is 0. The van der Waals surface area contributed by atoms with E-state index in [4.69, 9.17) is 0 Å². The number of hydrogen-bond acceptors (Lipinski definition) is 0. The van der Waals surface area contributed by atoms with Crippen LogP contribution in [0.2, 0.25) is 0 Å². The van der Waals surface area contributed by atoms with Gasteiger partial charge in [0.05, 0.1) is 0 Å². The van der Waals surface area contributed by atoms with Crippen molar-refractivity contribution in [3.8, 4) is 0 Å². The molecule has 0 aliphatic rings. The summed E-state index contributed by atoms with van der Waals surface area (Å²) in [6.45, 7) is 20.8. The summed E-state index contributed by atoms with van der Waals surface area (Å²) in [7, 11) is 0. The van der Waals surface area contributed by atoms with Gasteiger partial charge in [-0.05, 0) is 29.5 Å². The smallest absolute Gasteiger partial charge is 0.0184 e. The highest BCUT2D eigenvalue weighted by molar-refractivity contribution is 5.81. The fraction of sp³-hybridized carbons (Fsp3) is 0.478. The van der Waals surface area contributed by atoms with Crippen LogP contribution < -0.4 is 0 Å². The molecule has 0 saturated heterocycles. The van der Waals surface area contributed by atoms with E-state index in [9.17, 15) is 0 Å². The minimum absolute atomic E-state index is 0.464. The first-order chi connectivity index (χ1) is 10.9. The Kier molecular flexibility index (Phi) is 14.5. The van der Waals surface area contributed by atoms with Crippen LogP contribution in [0.4, 0.5) is 0 Å². The molecule has 0 radical (unpaired) electrons. The van der Waals surface area contributed by atoms with Crippen molar-refractivity contribution in [2.45, 2.75) is 68.2 Å². The third kappa shape index (κ3) is 11.6. The summed E-state index contributed by atoms with van der Waals surface area (Å²) in [6, 6.07) is 16.7. The molecule has 2 rings (SSSR count). The molecule has 130 valence electrons. The molecule has 0 heterocycles. The van der Waals surface area contributed by atoms with Crippen LogP contribution in [0, 0.1) is 5.41 Å². The molecule has 2 aromatic carbocycles. The number of fused-ring (bicyclic) bond motifs is 1. The van der Waals surface area contributed by atoms with E-state index < -0.39 is 0 Å². The maximum absolute atomic E-state index is 3.89. The topological polar surface area (TPSA) is 0 Å². The third-order valence-electron chi connectivity index (χ3n) is 3.40. The van der Waals surface area contributed by atoms with E-state index in [0.29, 0.717) is 5.41 Å². The number of rotatable bonds is 3. The summed E-state index contributed by atoms with van der Waals surface area (Å²) in [5.74, 6) is 0. The molecule has 0 atom stereocenters. The van der Waals surface area contributed by atoms with Crippen molar-refractivity contribution in [3.63, 3.8) is 0 Å². The van der Waals surface area contributed by atoms with Gasteiger partial charge in [0, 0.05) is 0 Å². The van der Waals surface area contributed by atoms with Gasteiger partial charge < -0.3 is 0 Å². The van der Waals surface area contributed by atoms with Gasteiger partial charge in [0.15, 0.2) is 0 Å². The second kappa shape index (κ2) is 14.1. The molecule has 0 amide bonds. The molecule has 0 saturated carbocycles. The first kappa shape index (κ1) is 23.7. The van der Waals surface area contributed by atoms with Gasteiger partial charge in [-0.3, -0.25) is 0 Å². The highest BCUT2D eigenvalue weighted by Gasteiger charge is 2.13. The van der Waals surface area contributed by atoms with Gasteiger partial charge >= 0.3 is 0 Å². The van der Waals surface area contributed by atoms with Crippen LogP contribution in [0.1, 0.15) is 68.2 Å². The molecular formula is C23H38. The Labute approximate surface area is 145 Å². The van der Waals surface area contributed by atoms with E-state index in [0.717, 1.165) is 6.42 Å². The molecule has 0 aromatic heterocycles. The zero-order valence-corrected chi connectivity index (χ0v) is 16.7. The lowest BCUT2D eigenvalue weighted by atomic mass is 9.84. The molecule has 0 heteroatoms. The quantitative estimate of drug-likeness (QED) is 0.500. The number of allylic oxidation sites excluding steroid dienone is 1. The lowest BCUT2D eigenvalue weighted by molar-refractivity contribution is 0.348.